The summed E-state index contributed by atoms with van der Waals surface area (Å²) in [6.07, 6.45) is 3.28. The summed E-state index contributed by atoms with van der Waals surface area (Å²) < 4.78 is 5.92. The fraction of sp³-hybridized carbons (Fsp3) is 0.600. The van der Waals surface area contributed by atoms with Crippen molar-refractivity contribution in [1.29, 1.82) is 0 Å². The smallest absolute Gasteiger partial charge is 0.123 e. The Morgan fingerprint density at radius 2 is 2.06 bits per heavy atom. The fourth-order valence-electron chi connectivity index (χ4n) is 2.29. The molecule has 2 nitrogen and oxygen atoms in total. The summed E-state index contributed by atoms with van der Waals surface area (Å²) in [4.78, 5) is 0. The van der Waals surface area contributed by atoms with Crippen molar-refractivity contribution < 1.29 is 4.74 Å². The lowest BCUT2D eigenvalue weighted by atomic mass is 9.97. The molecule has 17 heavy (non-hydrogen) atoms. The van der Waals surface area contributed by atoms with Crippen molar-refractivity contribution in [3.63, 3.8) is 0 Å². The second kappa shape index (κ2) is 4.69. The molecule has 2 heteroatoms. The van der Waals surface area contributed by atoms with Gasteiger partial charge in [-0.3, -0.25) is 0 Å². The molecule has 1 fully saturated rings. The third kappa shape index (κ3) is 3.01. The lowest BCUT2D eigenvalue weighted by molar-refractivity contribution is 0.289. The lowest BCUT2D eigenvalue weighted by Crippen LogP contribution is -2.24. The second-order valence-corrected chi connectivity index (χ2v) is 5.60. The first-order valence-electron chi connectivity index (χ1n) is 6.53. The number of hydrogen-bond acceptors (Lipinski definition) is 2. The Bertz CT molecular complexity index is 394. The van der Waals surface area contributed by atoms with Gasteiger partial charge >= 0.3 is 0 Å². The Hall–Kier alpha value is -1.02. The molecule has 0 radical (unpaired) electrons. The topological polar surface area (TPSA) is 35.2 Å². The van der Waals surface area contributed by atoms with Gasteiger partial charge in [0, 0.05) is 5.54 Å². The molecule has 2 N–H and O–H groups in total. The zero-order valence-corrected chi connectivity index (χ0v) is 11.1. The van der Waals surface area contributed by atoms with Gasteiger partial charge in [-0.05, 0) is 49.3 Å². The molecule has 94 valence electrons. The molecule has 0 atom stereocenters. The SMILES string of the molecule is Cc1cccc(OCCC2(N)CC2)c1C(C)C. The molecule has 0 amide bonds. The van der Waals surface area contributed by atoms with E-state index in [0.717, 1.165) is 31.6 Å². The van der Waals surface area contributed by atoms with E-state index in [1.807, 2.05) is 0 Å². The van der Waals surface area contributed by atoms with Gasteiger partial charge in [0.2, 0.25) is 0 Å². The van der Waals surface area contributed by atoms with Crippen molar-refractivity contribution in [2.45, 2.75) is 51.5 Å². The predicted molar refractivity (Wildman–Crippen MR) is 71.5 cm³/mol. The van der Waals surface area contributed by atoms with E-state index in [0.29, 0.717) is 5.92 Å². The number of rotatable bonds is 5. The first kappa shape index (κ1) is 12.4. The Morgan fingerprint density at radius 3 is 2.65 bits per heavy atom. The molecule has 0 unspecified atom stereocenters. The number of aryl methyl sites for hydroxylation is 1. The second-order valence-electron chi connectivity index (χ2n) is 5.60. The minimum Gasteiger partial charge on any atom is -0.493 e. The van der Waals surface area contributed by atoms with Crippen LogP contribution in [0.2, 0.25) is 0 Å². The minimum atomic E-state index is 0.0851. The number of hydrogen-bond donors (Lipinski definition) is 1. The average molecular weight is 233 g/mol. The third-order valence-corrected chi connectivity index (χ3v) is 3.61. The molecule has 0 saturated heterocycles. The number of benzene rings is 1. The van der Waals surface area contributed by atoms with Crippen molar-refractivity contribution in [2.75, 3.05) is 6.61 Å². The number of nitrogens with two attached hydrogens (primary N) is 1. The molecule has 1 aromatic carbocycles. The van der Waals surface area contributed by atoms with E-state index in [1.54, 1.807) is 0 Å². The van der Waals surface area contributed by atoms with Gasteiger partial charge in [-0.2, -0.15) is 0 Å². The van der Waals surface area contributed by atoms with Crippen molar-refractivity contribution in [3.05, 3.63) is 29.3 Å². The normalized spacial score (nSPS) is 17.2. The van der Waals surface area contributed by atoms with E-state index >= 15 is 0 Å². The molecular formula is C15H23NO. The van der Waals surface area contributed by atoms with Gasteiger partial charge in [-0.15, -0.1) is 0 Å². The van der Waals surface area contributed by atoms with Gasteiger partial charge in [-0.1, -0.05) is 26.0 Å². The van der Waals surface area contributed by atoms with Gasteiger partial charge in [0.15, 0.2) is 0 Å². The summed E-state index contributed by atoms with van der Waals surface area (Å²) in [6.45, 7) is 7.30. The monoisotopic (exact) mass is 233 g/mol. The number of ether oxygens (including phenoxy) is 1. The van der Waals surface area contributed by atoms with Crippen LogP contribution in [0.3, 0.4) is 0 Å². The highest BCUT2D eigenvalue weighted by atomic mass is 16.5. The summed E-state index contributed by atoms with van der Waals surface area (Å²) in [6, 6.07) is 6.28. The highest BCUT2D eigenvalue weighted by molar-refractivity contribution is 5.41. The molecule has 0 aliphatic heterocycles. The van der Waals surface area contributed by atoms with Crippen LogP contribution in [0.4, 0.5) is 0 Å². The molecule has 0 bridgehead atoms. The third-order valence-electron chi connectivity index (χ3n) is 3.61. The van der Waals surface area contributed by atoms with Gasteiger partial charge < -0.3 is 10.5 Å². The summed E-state index contributed by atoms with van der Waals surface area (Å²) in [7, 11) is 0. The van der Waals surface area contributed by atoms with Gasteiger partial charge in [0.05, 0.1) is 6.61 Å². The maximum Gasteiger partial charge on any atom is 0.123 e. The van der Waals surface area contributed by atoms with Crippen LogP contribution in [0.5, 0.6) is 5.75 Å². The van der Waals surface area contributed by atoms with E-state index in [-0.39, 0.29) is 5.54 Å². The molecule has 1 aliphatic rings. The largest absolute Gasteiger partial charge is 0.493 e. The maximum atomic E-state index is 6.06. The first-order chi connectivity index (χ1) is 8.02. The summed E-state index contributed by atoms with van der Waals surface area (Å²) in [5.74, 6) is 1.53. The first-order valence-corrected chi connectivity index (χ1v) is 6.53. The minimum absolute atomic E-state index is 0.0851. The van der Waals surface area contributed by atoms with Crippen molar-refractivity contribution in [3.8, 4) is 5.75 Å². The van der Waals surface area contributed by atoms with E-state index in [2.05, 4.69) is 39.0 Å². The lowest BCUT2D eigenvalue weighted by Gasteiger charge is -2.17. The molecular weight excluding hydrogens is 210 g/mol. The summed E-state index contributed by atoms with van der Waals surface area (Å²) in [5.41, 5.74) is 8.78. The Kier molecular flexibility index (Phi) is 3.43. The van der Waals surface area contributed by atoms with Crippen LogP contribution in [-0.4, -0.2) is 12.1 Å². The molecule has 1 saturated carbocycles. The Morgan fingerprint density at radius 1 is 1.35 bits per heavy atom. The van der Waals surface area contributed by atoms with E-state index in [1.165, 1.54) is 11.1 Å². The Balaban J connectivity index is 2.01. The molecule has 2 rings (SSSR count). The van der Waals surface area contributed by atoms with Crippen LogP contribution < -0.4 is 10.5 Å². The highest BCUT2D eigenvalue weighted by Gasteiger charge is 2.37. The molecule has 1 aromatic rings. The quantitative estimate of drug-likeness (QED) is 0.846. The average Bonchev–Trinajstić information content (AvgIpc) is 2.96. The molecule has 1 aliphatic carbocycles. The van der Waals surface area contributed by atoms with Crippen LogP contribution in [0.1, 0.15) is 50.2 Å². The van der Waals surface area contributed by atoms with Crippen LogP contribution in [0.25, 0.3) is 0 Å². The predicted octanol–water partition coefficient (Wildman–Crippen LogP) is 3.38. The zero-order chi connectivity index (χ0) is 12.5. The molecule has 0 aromatic heterocycles. The van der Waals surface area contributed by atoms with Gasteiger partial charge in [0.25, 0.3) is 0 Å². The zero-order valence-electron chi connectivity index (χ0n) is 11.1. The van der Waals surface area contributed by atoms with Crippen LogP contribution >= 0.6 is 0 Å². The van der Waals surface area contributed by atoms with E-state index < -0.39 is 0 Å². The summed E-state index contributed by atoms with van der Waals surface area (Å²) >= 11 is 0. The fourth-order valence-corrected chi connectivity index (χ4v) is 2.29. The Labute approximate surface area is 104 Å². The van der Waals surface area contributed by atoms with Crippen molar-refractivity contribution >= 4 is 0 Å². The van der Waals surface area contributed by atoms with E-state index in [4.69, 9.17) is 10.5 Å². The standard InChI is InChI=1S/C15H23NO/c1-11(2)14-12(3)5-4-6-13(14)17-10-9-15(16)7-8-15/h4-6,11H,7-10,16H2,1-3H3. The van der Waals surface area contributed by atoms with Crippen LogP contribution in [0.15, 0.2) is 18.2 Å². The van der Waals surface area contributed by atoms with Crippen molar-refractivity contribution in [1.82, 2.24) is 0 Å². The van der Waals surface area contributed by atoms with Crippen molar-refractivity contribution in [2.24, 2.45) is 5.73 Å². The molecule has 0 spiro atoms. The van der Waals surface area contributed by atoms with Crippen LogP contribution in [-0.2, 0) is 0 Å². The highest BCUT2D eigenvalue weighted by Crippen LogP contribution is 2.36. The summed E-state index contributed by atoms with van der Waals surface area (Å²) in [5, 5.41) is 0. The van der Waals surface area contributed by atoms with E-state index in [9.17, 15) is 0 Å². The maximum absolute atomic E-state index is 6.06. The van der Waals surface area contributed by atoms with Gasteiger partial charge in [-0.25, -0.2) is 0 Å². The molecule has 0 heterocycles. The van der Waals surface area contributed by atoms with Gasteiger partial charge in [0.1, 0.15) is 5.75 Å². The van der Waals surface area contributed by atoms with Crippen LogP contribution in [0, 0.1) is 6.92 Å².